The van der Waals surface area contributed by atoms with Gasteiger partial charge in [-0.1, -0.05) is 12.1 Å². The van der Waals surface area contributed by atoms with E-state index >= 15 is 0 Å². The van der Waals surface area contributed by atoms with Crippen molar-refractivity contribution in [2.75, 3.05) is 0 Å². The molecule has 0 atom stereocenters. The van der Waals surface area contributed by atoms with Gasteiger partial charge in [0.25, 0.3) is 0 Å². The molecule has 3 aromatic heterocycles. The average Bonchev–Trinajstić information content (AvgIpc) is 2.98. The average molecular weight is 273 g/mol. The smallest absolute Gasteiger partial charge is 0.196 e. The van der Waals surface area contributed by atoms with E-state index in [2.05, 4.69) is 10.1 Å². The van der Waals surface area contributed by atoms with Crippen LogP contribution in [0.3, 0.4) is 0 Å². The molecule has 0 saturated heterocycles. The number of rotatable bonds is 2. The lowest BCUT2D eigenvalue weighted by molar-refractivity contribution is 0.104. The van der Waals surface area contributed by atoms with Crippen molar-refractivity contribution < 1.29 is 4.79 Å². The fourth-order valence-electron chi connectivity index (χ4n) is 2.48. The highest BCUT2D eigenvalue weighted by Gasteiger charge is 2.14. The summed E-state index contributed by atoms with van der Waals surface area (Å²) in [7, 11) is 0. The first-order chi connectivity index (χ1) is 10.3. The molecule has 0 N–H and O–H groups in total. The number of hydrogen-bond acceptors (Lipinski definition) is 3. The lowest BCUT2D eigenvalue weighted by Crippen LogP contribution is -2.01. The first-order valence-corrected chi connectivity index (χ1v) is 6.65. The molecule has 1 aromatic carbocycles. The Morgan fingerprint density at radius 2 is 2.00 bits per heavy atom. The van der Waals surface area contributed by atoms with Crippen LogP contribution in [-0.4, -0.2) is 20.4 Å². The molecule has 3 heterocycles. The van der Waals surface area contributed by atoms with Crippen molar-refractivity contribution >= 4 is 22.2 Å². The molecule has 0 aliphatic carbocycles. The number of hydrogen-bond donors (Lipinski definition) is 0. The summed E-state index contributed by atoms with van der Waals surface area (Å²) in [5.74, 6) is -0.0260. The van der Waals surface area contributed by atoms with E-state index in [-0.39, 0.29) is 5.78 Å². The summed E-state index contributed by atoms with van der Waals surface area (Å²) in [4.78, 5) is 17.0. The second-order valence-electron chi connectivity index (χ2n) is 4.83. The maximum absolute atomic E-state index is 12.7. The van der Waals surface area contributed by atoms with Gasteiger partial charge in [0.15, 0.2) is 5.78 Å². The first-order valence-electron chi connectivity index (χ1n) is 6.65. The quantitative estimate of drug-likeness (QED) is 0.527. The van der Waals surface area contributed by atoms with E-state index in [0.29, 0.717) is 11.1 Å². The maximum atomic E-state index is 12.7. The highest BCUT2D eigenvalue weighted by Crippen LogP contribution is 2.19. The van der Waals surface area contributed by atoms with Gasteiger partial charge in [-0.25, -0.2) is 4.52 Å². The van der Waals surface area contributed by atoms with Crippen LogP contribution < -0.4 is 0 Å². The second kappa shape index (κ2) is 4.52. The number of ketones is 1. The summed E-state index contributed by atoms with van der Waals surface area (Å²) >= 11 is 0. The van der Waals surface area contributed by atoms with E-state index in [9.17, 15) is 4.79 Å². The second-order valence-corrected chi connectivity index (χ2v) is 4.83. The van der Waals surface area contributed by atoms with E-state index in [4.69, 9.17) is 0 Å². The van der Waals surface area contributed by atoms with Crippen LogP contribution in [0, 0.1) is 0 Å². The van der Waals surface area contributed by atoms with Gasteiger partial charge in [-0.05, 0) is 36.4 Å². The number of fused-ring (bicyclic) bond motifs is 2. The van der Waals surface area contributed by atoms with Crippen LogP contribution in [-0.2, 0) is 0 Å². The molecule has 0 fully saturated rings. The van der Waals surface area contributed by atoms with Gasteiger partial charge in [-0.15, -0.1) is 0 Å². The third-order valence-corrected chi connectivity index (χ3v) is 3.54. The fourth-order valence-corrected chi connectivity index (χ4v) is 2.48. The lowest BCUT2D eigenvalue weighted by atomic mass is 10.0. The number of nitrogens with zero attached hydrogens (tertiary/aromatic N) is 3. The van der Waals surface area contributed by atoms with E-state index in [0.717, 1.165) is 16.4 Å². The minimum atomic E-state index is -0.0260. The van der Waals surface area contributed by atoms with Gasteiger partial charge in [-0.2, -0.15) is 5.10 Å². The molecule has 0 radical (unpaired) electrons. The number of carbonyl (C=O) groups excluding carboxylic acids is 1. The first kappa shape index (κ1) is 11.8. The molecule has 100 valence electrons. The molecule has 4 rings (SSSR count). The molecule has 4 nitrogen and oxygen atoms in total. The molecule has 4 aromatic rings. The zero-order valence-electron chi connectivity index (χ0n) is 11.1. The van der Waals surface area contributed by atoms with Crippen LogP contribution in [0.2, 0.25) is 0 Å². The van der Waals surface area contributed by atoms with E-state index in [1.54, 1.807) is 16.9 Å². The number of aromatic nitrogens is 3. The SMILES string of the molecule is O=C(c1ccc2ncccc2c1)c1cnn2ccccc12. The maximum Gasteiger partial charge on any atom is 0.196 e. The highest BCUT2D eigenvalue weighted by molar-refractivity contribution is 6.14. The van der Waals surface area contributed by atoms with Gasteiger partial charge in [0, 0.05) is 23.3 Å². The van der Waals surface area contributed by atoms with Gasteiger partial charge in [0.2, 0.25) is 0 Å². The summed E-state index contributed by atoms with van der Waals surface area (Å²) in [5, 5.41) is 5.17. The number of carbonyl (C=O) groups is 1. The Balaban J connectivity index is 1.86. The predicted molar refractivity (Wildman–Crippen MR) is 80.4 cm³/mol. The fraction of sp³-hybridized carbons (Fsp3) is 0. The molecule has 0 aliphatic rings. The van der Waals surface area contributed by atoms with Gasteiger partial charge in [0.05, 0.1) is 22.8 Å². The zero-order valence-corrected chi connectivity index (χ0v) is 11.1. The molecular weight excluding hydrogens is 262 g/mol. The van der Waals surface area contributed by atoms with Gasteiger partial charge < -0.3 is 0 Å². The third-order valence-electron chi connectivity index (χ3n) is 3.54. The molecular formula is C17H11N3O. The van der Waals surface area contributed by atoms with Crippen molar-refractivity contribution in [2.24, 2.45) is 0 Å². The van der Waals surface area contributed by atoms with Crippen LogP contribution >= 0.6 is 0 Å². The standard InChI is InChI=1S/C17H11N3O/c21-17(14-11-19-20-9-2-1-5-16(14)20)13-6-7-15-12(10-13)4-3-8-18-15/h1-11H. The number of pyridine rings is 2. The molecule has 0 aliphatic heterocycles. The number of benzene rings is 1. The molecule has 0 amide bonds. The minimum absolute atomic E-state index is 0.0260. The molecule has 0 bridgehead atoms. The Bertz CT molecular complexity index is 972. The molecule has 4 heteroatoms. The van der Waals surface area contributed by atoms with Crippen molar-refractivity contribution in [3.05, 3.63) is 78.2 Å². The van der Waals surface area contributed by atoms with E-state index in [1.165, 1.54) is 0 Å². The zero-order chi connectivity index (χ0) is 14.2. The van der Waals surface area contributed by atoms with Crippen molar-refractivity contribution in [1.29, 1.82) is 0 Å². The van der Waals surface area contributed by atoms with E-state index < -0.39 is 0 Å². The van der Waals surface area contributed by atoms with Crippen LogP contribution in [0.5, 0.6) is 0 Å². The Labute approximate surface area is 120 Å². The topological polar surface area (TPSA) is 47.3 Å². The molecule has 21 heavy (non-hydrogen) atoms. The summed E-state index contributed by atoms with van der Waals surface area (Å²) in [6, 6.07) is 15.0. The normalized spacial score (nSPS) is 11.0. The molecule has 0 spiro atoms. The molecule has 0 unspecified atom stereocenters. The minimum Gasteiger partial charge on any atom is -0.288 e. The summed E-state index contributed by atoms with van der Waals surface area (Å²) in [6.45, 7) is 0. The Kier molecular flexibility index (Phi) is 2.54. The van der Waals surface area contributed by atoms with Crippen LogP contribution in [0.1, 0.15) is 15.9 Å². The Hall–Kier alpha value is -3.01. The lowest BCUT2D eigenvalue weighted by Gasteiger charge is -2.02. The van der Waals surface area contributed by atoms with Crippen molar-refractivity contribution in [1.82, 2.24) is 14.6 Å². The van der Waals surface area contributed by atoms with E-state index in [1.807, 2.05) is 54.7 Å². The summed E-state index contributed by atoms with van der Waals surface area (Å²) < 4.78 is 1.70. The Morgan fingerprint density at radius 1 is 1.05 bits per heavy atom. The largest absolute Gasteiger partial charge is 0.288 e. The third kappa shape index (κ3) is 1.89. The van der Waals surface area contributed by atoms with Crippen molar-refractivity contribution in [2.45, 2.75) is 0 Å². The van der Waals surface area contributed by atoms with Crippen LogP contribution in [0.4, 0.5) is 0 Å². The summed E-state index contributed by atoms with van der Waals surface area (Å²) in [5.41, 5.74) is 2.95. The predicted octanol–water partition coefficient (Wildman–Crippen LogP) is 3.11. The summed E-state index contributed by atoms with van der Waals surface area (Å²) in [6.07, 6.45) is 5.19. The van der Waals surface area contributed by atoms with Crippen LogP contribution in [0.25, 0.3) is 16.4 Å². The highest BCUT2D eigenvalue weighted by atomic mass is 16.1. The monoisotopic (exact) mass is 273 g/mol. The molecule has 0 saturated carbocycles. The van der Waals surface area contributed by atoms with Crippen molar-refractivity contribution in [3.8, 4) is 0 Å². The van der Waals surface area contributed by atoms with Crippen molar-refractivity contribution in [3.63, 3.8) is 0 Å². The van der Waals surface area contributed by atoms with Gasteiger partial charge in [-0.3, -0.25) is 9.78 Å². The van der Waals surface area contributed by atoms with Crippen LogP contribution in [0.15, 0.2) is 67.1 Å². The Morgan fingerprint density at radius 3 is 2.95 bits per heavy atom. The van der Waals surface area contributed by atoms with Gasteiger partial charge >= 0.3 is 0 Å². The van der Waals surface area contributed by atoms with Gasteiger partial charge in [0.1, 0.15) is 0 Å².